The molecule has 0 aliphatic heterocycles. The number of hydrogen-bond acceptors (Lipinski definition) is 4. The number of aryl methyl sites for hydroxylation is 2. The van der Waals surface area contributed by atoms with Crippen molar-refractivity contribution < 1.29 is 26.7 Å². The van der Waals surface area contributed by atoms with Crippen LogP contribution in [0.15, 0.2) is 95.8 Å². The Morgan fingerprint density at radius 2 is 1.46 bits per heavy atom. The zero-order valence-electron chi connectivity index (χ0n) is 28.0. The molecule has 5 aromatic rings. The van der Waals surface area contributed by atoms with E-state index in [1.807, 2.05) is 24.3 Å². The van der Waals surface area contributed by atoms with Crippen molar-refractivity contribution in [3.63, 3.8) is 0 Å². The summed E-state index contributed by atoms with van der Waals surface area (Å²) in [4.78, 5) is 35.5. The summed E-state index contributed by atoms with van der Waals surface area (Å²) in [6, 6.07) is 23.1. The number of benzene rings is 4. The van der Waals surface area contributed by atoms with Crippen molar-refractivity contribution in [1.29, 1.82) is 0 Å². The van der Waals surface area contributed by atoms with Gasteiger partial charge in [0.1, 0.15) is 12.4 Å². The van der Waals surface area contributed by atoms with E-state index in [1.54, 1.807) is 33.7 Å². The SMILES string of the molecule is CCN(CC)CCCN(Cc1ccc(-c2ccc(C(F)(F)F)cc2)cc1)C(=O)Cn1c(CCc2cccc(F)c2F)nc(=O)c2ccccc21. The fourth-order valence-electron chi connectivity index (χ4n) is 6.05. The van der Waals surface area contributed by atoms with Crippen LogP contribution in [0.3, 0.4) is 0 Å². The van der Waals surface area contributed by atoms with Gasteiger partial charge in [0, 0.05) is 19.5 Å². The lowest BCUT2D eigenvalue weighted by Gasteiger charge is -2.26. The molecule has 0 saturated heterocycles. The number of aromatic nitrogens is 2. The molecule has 0 N–H and O–H groups in total. The summed E-state index contributed by atoms with van der Waals surface area (Å²) in [6.07, 6.45) is -3.53. The highest BCUT2D eigenvalue weighted by Gasteiger charge is 2.30. The van der Waals surface area contributed by atoms with Gasteiger partial charge >= 0.3 is 6.18 Å². The van der Waals surface area contributed by atoms with Gasteiger partial charge in [0.15, 0.2) is 11.6 Å². The lowest BCUT2D eigenvalue weighted by molar-refractivity contribution is -0.137. The molecular weight excluding hydrogens is 651 g/mol. The van der Waals surface area contributed by atoms with Crippen molar-refractivity contribution in [3.8, 4) is 11.1 Å². The van der Waals surface area contributed by atoms with Gasteiger partial charge in [-0.1, -0.05) is 74.5 Å². The minimum atomic E-state index is -4.42. The number of halogens is 5. The number of amides is 1. The molecule has 0 fully saturated rings. The highest BCUT2D eigenvalue weighted by atomic mass is 19.4. The third kappa shape index (κ3) is 8.81. The summed E-state index contributed by atoms with van der Waals surface area (Å²) in [7, 11) is 0. The highest BCUT2D eigenvalue weighted by Crippen LogP contribution is 2.31. The minimum absolute atomic E-state index is 0.0709. The molecule has 0 aliphatic rings. The van der Waals surface area contributed by atoms with Crippen molar-refractivity contribution in [2.75, 3.05) is 26.2 Å². The topological polar surface area (TPSA) is 58.4 Å². The van der Waals surface area contributed by atoms with Crippen LogP contribution in [0, 0.1) is 11.6 Å². The van der Waals surface area contributed by atoms with Gasteiger partial charge in [0.25, 0.3) is 5.56 Å². The number of rotatable bonds is 14. The van der Waals surface area contributed by atoms with Gasteiger partial charge in [-0.05, 0) is 85.1 Å². The van der Waals surface area contributed by atoms with E-state index in [4.69, 9.17) is 0 Å². The van der Waals surface area contributed by atoms with Crippen LogP contribution in [0.4, 0.5) is 22.0 Å². The number of carbonyl (C=O) groups is 1. The molecule has 4 aromatic carbocycles. The van der Waals surface area contributed by atoms with E-state index < -0.39 is 28.9 Å². The summed E-state index contributed by atoms with van der Waals surface area (Å²) >= 11 is 0. The molecule has 262 valence electrons. The average molecular weight is 691 g/mol. The number of para-hydroxylation sites is 1. The Hall–Kier alpha value is -4.90. The molecule has 5 rings (SSSR count). The van der Waals surface area contributed by atoms with E-state index in [9.17, 15) is 31.5 Å². The maximum Gasteiger partial charge on any atom is 0.416 e. The number of alkyl halides is 3. The van der Waals surface area contributed by atoms with E-state index in [0.717, 1.165) is 49.0 Å². The third-order valence-electron chi connectivity index (χ3n) is 8.93. The molecule has 6 nitrogen and oxygen atoms in total. The second-order valence-corrected chi connectivity index (χ2v) is 12.1. The van der Waals surface area contributed by atoms with Gasteiger partial charge in [-0.3, -0.25) is 9.59 Å². The summed E-state index contributed by atoms with van der Waals surface area (Å²) in [5, 5.41) is 0.341. The molecule has 0 atom stereocenters. The Balaban J connectivity index is 1.41. The lowest BCUT2D eigenvalue weighted by Crippen LogP contribution is -2.37. The predicted octanol–water partition coefficient (Wildman–Crippen LogP) is 7.91. The molecule has 50 heavy (non-hydrogen) atoms. The average Bonchev–Trinajstić information content (AvgIpc) is 3.11. The molecule has 0 radical (unpaired) electrons. The Bertz CT molecular complexity index is 1970. The smallest absolute Gasteiger partial charge is 0.337 e. The number of fused-ring (bicyclic) bond motifs is 1. The van der Waals surface area contributed by atoms with E-state index in [-0.39, 0.29) is 43.2 Å². The zero-order valence-corrected chi connectivity index (χ0v) is 28.0. The Labute approximate surface area is 287 Å². The summed E-state index contributed by atoms with van der Waals surface area (Å²) in [5.41, 5.74) is 1.69. The molecule has 1 amide bonds. The van der Waals surface area contributed by atoms with Gasteiger partial charge in [0.05, 0.1) is 16.5 Å². The lowest BCUT2D eigenvalue weighted by atomic mass is 10.0. The first-order chi connectivity index (χ1) is 24.0. The van der Waals surface area contributed by atoms with Gasteiger partial charge in [-0.2, -0.15) is 18.2 Å². The molecule has 0 saturated carbocycles. The number of nitrogens with zero attached hydrogens (tertiary/aromatic N) is 4. The van der Waals surface area contributed by atoms with Crippen molar-refractivity contribution in [2.24, 2.45) is 0 Å². The van der Waals surface area contributed by atoms with Gasteiger partial charge in [0.2, 0.25) is 5.91 Å². The summed E-state index contributed by atoms with van der Waals surface area (Å²) in [6.45, 7) is 7.29. The fourth-order valence-corrected chi connectivity index (χ4v) is 6.05. The predicted molar refractivity (Wildman–Crippen MR) is 184 cm³/mol. The van der Waals surface area contributed by atoms with Crippen LogP contribution >= 0.6 is 0 Å². The van der Waals surface area contributed by atoms with Gasteiger partial charge in [-0.25, -0.2) is 8.78 Å². The molecule has 0 aliphatic carbocycles. The van der Waals surface area contributed by atoms with E-state index in [2.05, 4.69) is 23.7 Å². The summed E-state index contributed by atoms with van der Waals surface area (Å²) < 4.78 is 69.2. The standard InChI is InChI=1S/C39H39F5N4O2/c1-3-46(4-2)23-8-24-47(25-27-13-15-28(16-14-27)29-17-20-31(21-18-29)39(42,43)44)36(49)26-48-34-12-6-5-10-32(34)38(50)45-35(48)22-19-30-9-7-11-33(40)37(30)41/h5-7,9-18,20-21H,3-4,8,19,22-26H2,1-2H3. The molecule has 1 aromatic heterocycles. The molecule has 11 heteroatoms. The Morgan fingerprint density at radius 3 is 2.12 bits per heavy atom. The van der Waals surface area contributed by atoms with Crippen molar-refractivity contribution in [2.45, 2.75) is 52.4 Å². The molecule has 1 heterocycles. The minimum Gasteiger partial charge on any atom is -0.337 e. The zero-order chi connectivity index (χ0) is 35.8. The van der Waals surface area contributed by atoms with Crippen LogP contribution in [0.25, 0.3) is 22.0 Å². The number of hydrogen-bond donors (Lipinski definition) is 0. The number of carbonyl (C=O) groups excluding carboxylic acids is 1. The van der Waals surface area contributed by atoms with Crippen LogP contribution in [-0.2, 0) is 36.9 Å². The van der Waals surface area contributed by atoms with E-state index >= 15 is 0 Å². The maximum atomic E-state index is 14.5. The first-order valence-electron chi connectivity index (χ1n) is 16.7. The van der Waals surface area contributed by atoms with E-state index in [0.29, 0.717) is 29.4 Å². The Kier molecular flexibility index (Phi) is 11.8. The van der Waals surface area contributed by atoms with Gasteiger partial charge < -0.3 is 14.4 Å². The Morgan fingerprint density at radius 1 is 0.800 bits per heavy atom. The second-order valence-electron chi connectivity index (χ2n) is 12.1. The fraction of sp³-hybridized carbons (Fsp3) is 0.308. The largest absolute Gasteiger partial charge is 0.416 e. The van der Waals surface area contributed by atoms with Crippen molar-refractivity contribution >= 4 is 16.8 Å². The second kappa shape index (κ2) is 16.2. The van der Waals surface area contributed by atoms with Crippen LogP contribution in [0.2, 0.25) is 0 Å². The molecular formula is C39H39F5N4O2. The van der Waals surface area contributed by atoms with Crippen molar-refractivity contribution in [3.05, 3.63) is 135 Å². The monoisotopic (exact) mass is 690 g/mol. The van der Waals surface area contributed by atoms with Crippen LogP contribution in [-0.4, -0.2) is 51.4 Å². The van der Waals surface area contributed by atoms with Crippen LogP contribution in [0.5, 0.6) is 0 Å². The van der Waals surface area contributed by atoms with Crippen molar-refractivity contribution in [1.82, 2.24) is 19.4 Å². The molecule has 0 unspecified atom stereocenters. The summed E-state index contributed by atoms with van der Waals surface area (Å²) in [5.74, 6) is -1.85. The maximum absolute atomic E-state index is 14.5. The highest BCUT2D eigenvalue weighted by molar-refractivity contribution is 5.82. The first kappa shape index (κ1) is 36.4. The first-order valence-corrected chi connectivity index (χ1v) is 16.7. The quantitative estimate of drug-likeness (QED) is 0.111. The van der Waals surface area contributed by atoms with Crippen LogP contribution in [0.1, 0.15) is 42.8 Å². The normalized spacial score (nSPS) is 11.8. The molecule has 0 spiro atoms. The third-order valence-corrected chi connectivity index (χ3v) is 8.93. The van der Waals surface area contributed by atoms with Crippen LogP contribution < -0.4 is 5.56 Å². The van der Waals surface area contributed by atoms with Gasteiger partial charge in [-0.15, -0.1) is 0 Å². The molecule has 0 bridgehead atoms. The van der Waals surface area contributed by atoms with E-state index in [1.165, 1.54) is 24.3 Å².